The topological polar surface area (TPSA) is 52.5 Å². The molecule has 90 valence electrons. The molecule has 2 atom stereocenters. The van der Waals surface area contributed by atoms with E-state index in [9.17, 15) is 13.9 Å². The Hall–Kier alpha value is -1.20. The zero-order valence-electron chi connectivity index (χ0n) is 9.17. The molecule has 1 aromatic carbocycles. The van der Waals surface area contributed by atoms with Gasteiger partial charge < -0.3 is 15.5 Å². The highest BCUT2D eigenvalue weighted by Crippen LogP contribution is 2.27. The van der Waals surface area contributed by atoms with Gasteiger partial charge in [0.2, 0.25) is 0 Å². The van der Waals surface area contributed by atoms with Crippen LogP contribution in [0.4, 0.5) is 8.78 Å². The van der Waals surface area contributed by atoms with E-state index in [1.165, 1.54) is 0 Å². The molecule has 0 aliphatic rings. The first-order chi connectivity index (χ1) is 7.41. The quantitative estimate of drug-likeness (QED) is 0.739. The number of hydrogen-bond acceptors (Lipinski definition) is 3. The number of rotatable bonds is 4. The van der Waals surface area contributed by atoms with Crippen LogP contribution in [0.2, 0.25) is 0 Å². The van der Waals surface area contributed by atoms with Crippen molar-refractivity contribution in [1.82, 2.24) is 5.32 Å². The summed E-state index contributed by atoms with van der Waals surface area (Å²) in [6.45, 7) is 3.47. The van der Waals surface area contributed by atoms with Crippen molar-refractivity contribution in [3.63, 3.8) is 0 Å². The molecule has 0 aromatic heterocycles. The number of benzene rings is 1. The van der Waals surface area contributed by atoms with E-state index in [-0.39, 0.29) is 12.1 Å². The second-order valence-electron chi connectivity index (χ2n) is 3.80. The highest BCUT2D eigenvalue weighted by Gasteiger charge is 2.17. The van der Waals surface area contributed by atoms with Crippen molar-refractivity contribution >= 4 is 0 Å². The van der Waals surface area contributed by atoms with Gasteiger partial charge in [-0.3, -0.25) is 0 Å². The molecule has 0 aliphatic carbocycles. The number of phenols is 1. The van der Waals surface area contributed by atoms with Gasteiger partial charge in [0.25, 0.3) is 0 Å². The Bertz CT molecular complexity index is 346. The summed E-state index contributed by atoms with van der Waals surface area (Å²) in [6.07, 6.45) is -0.576. The smallest absolute Gasteiger partial charge is 0.134 e. The van der Waals surface area contributed by atoms with Crippen LogP contribution in [-0.2, 0) is 0 Å². The maximum Gasteiger partial charge on any atom is 0.134 e. The summed E-state index contributed by atoms with van der Waals surface area (Å²) < 4.78 is 26.1. The molecule has 1 aromatic rings. The number of aromatic hydroxyl groups is 1. The third kappa shape index (κ3) is 3.15. The van der Waals surface area contributed by atoms with E-state index in [2.05, 4.69) is 5.32 Å². The van der Waals surface area contributed by atoms with E-state index in [0.717, 1.165) is 12.1 Å². The van der Waals surface area contributed by atoms with Crippen LogP contribution in [0.5, 0.6) is 5.75 Å². The zero-order valence-corrected chi connectivity index (χ0v) is 9.17. The van der Waals surface area contributed by atoms with Gasteiger partial charge >= 0.3 is 0 Å². The highest BCUT2D eigenvalue weighted by atomic mass is 19.1. The van der Waals surface area contributed by atoms with Crippen LogP contribution in [0, 0.1) is 11.6 Å². The SMILES string of the molecule is CC(NC[C@H](C)O)c1c(O)cc(F)cc1F. The minimum absolute atomic E-state index is 0.00190. The molecule has 1 rings (SSSR count). The molecule has 0 bridgehead atoms. The maximum absolute atomic E-state index is 13.4. The van der Waals surface area contributed by atoms with Crippen LogP contribution in [0.3, 0.4) is 0 Å². The summed E-state index contributed by atoms with van der Waals surface area (Å²) in [7, 11) is 0. The van der Waals surface area contributed by atoms with Crippen LogP contribution in [-0.4, -0.2) is 22.9 Å². The van der Waals surface area contributed by atoms with Gasteiger partial charge in [0.05, 0.1) is 6.10 Å². The lowest BCUT2D eigenvalue weighted by Crippen LogP contribution is -2.27. The average molecular weight is 231 g/mol. The molecule has 0 aliphatic heterocycles. The van der Waals surface area contributed by atoms with Crippen molar-refractivity contribution in [2.75, 3.05) is 6.54 Å². The lowest BCUT2D eigenvalue weighted by atomic mass is 10.1. The van der Waals surface area contributed by atoms with Crippen LogP contribution in [0.15, 0.2) is 12.1 Å². The predicted octanol–water partition coefficient (Wildman–Crippen LogP) is 1.70. The summed E-state index contributed by atoms with van der Waals surface area (Å²) in [6, 6.07) is 1.07. The molecule has 0 radical (unpaired) electrons. The highest BCUT2D eigenvalue weighted by molar-refractivity contribution is 5.36. The second kappa shape index (κ2) is 5.23. The van der Waals surface area contributed by atoms with E-state index >= 15 is 0 Å². The van der Waals surface area contributed by atoms with Gasteiger partial charge in [-0.05, 0) is 13.8 Å². The van der Waals surface area contributed by atoms with Crippen LogP contribution >= 0.6 is 0 Å². The summed E-state index contributed by atoms with van der Waals surface area (Å²) >= 11 is 0. The van der Waals surface area contributed by atoms with Crippen LogP contribution in [0.25, 0.3) is 0 Å². The summed E-state index contributed by atoms with van der Waals surface area (Å²) in [4.78, 5) is 0. The molecular weight excluding hydrogens is 216 g/mol. The zero-order chi connectivity index (χ0) is 12.3. The molecule has 16 heavy (non-hydrogen) atoms. The number of hydrogen-bond donors (Lipinski definition) is 3. The van der Waals surface area contributed by atoms with Gasteiger partial charge in [0, 0.05) is 30.3 Å². The van der Waals surface area contributed by atoms with Crippen LogP contribution in [0.1, 0.15) is 25.5 Å². The molecule has 5 heteroatoms. The Balaban J connectivity index is 2.86. The molecular formula is C11H15F2NO2. The fourth-order valence-electron chi connectivity index (χ4n) is 1.45. The lowest BCUT2D eigenvalue weighted by Gasteiger charge is -2.17. The van der Waals surface area contributed by atoms with Crippen molar-refractivity contribution in [2.45, 2.75) is 26.0 Å². The monoisotopic (exact) mass is 231 g/mol. The first kappa shape index (κ1) is 12.9. The third-order valence-corrected chi connectivity index (χ3v) is 2.22. The maximum atomic E-state index is 13.4. The first-order valence-electron chi connectivity index (χ1n) is 5.01. The van der Waals surface area contributed by atoms with Crippen molar-refractivity contribution in [3.8, 4) is 5.75 Å². The van der Waals surface area contributed by atoms with Crippen molar-refractivity contribution in [1.29, 1.82) is 0 Å². The molecule has 3 nitrogen and oxygen atoms in total. The summed E-state index contributed by atoms with van der Waals surface area (Å²) in [5.74, 6) is -2.05. The molecule has 0 saturated carbocycles. The normalized spacial score (nSPS) is 14.8. The minimum atomic E-state index is -0.818. The van der Waals surface area contributed by atoms with E-state index in [1.807, 2.05) is 0 Å². The minimum Gasteiger partial charge on any atom is -0.507 e. The molecule has 0 fully saturated rings. The lowest BCUT2D eigenvalue weighted by molar-refractivity contribution is 0.186. The number of halogens is 2. The van der Waals surface area contributed by atoms with E-state index < -0.39 is 29.5 Å². The average Bonchev–Trinajstić information content (AvgIpc) is 2.12. The standard InChI is InChI=1S/C11H15F2NO2/c1-6(15)5-14-7(2)11-9(13)3-8(12)4-10(11)16/h3-4,6-7,14-16H,5H2,1-2H3/t6-,7?/m0/s1. The van der Waals surface area contributed by atoms with Crippen molar-refractivity contribution in [3.05, 3.63) is 29.3 Å². The second-order valence-corrected chi connectivity index (χ2v) is 3.80. The van der Waals surface area contributed by atoms with Crippen molar-refractivity contribution in [2.24, 2.45) is 0 Å². The fraction of sp³-hybridized carbons (Fsp3) is 0.455. The predicted molar refractivity (Wildman–Crippen MR) is 56.1 cm³/mol. The van der Waals surface area contributed by atoms with Gasteiger partial charge in [-0.1, -0.05) is 0 Å². The summed E-state index contributed by atoms with van der Waals surface area (Å²) in [5.41, 5.74) is 0.00190. The van der Waals surface area contributed by atoms with Crippen LogP contribution < -0.4 is 5.32 Å². The molecule has 0 spiro atoms. The van der Waals surface area contributed by atoms with Gasteiger partial charge in [-0.2, -0.15) is 0 Å². The Labute approximate surface area is 92.7 Å². The largest absolute Gasteiger partial charge is 0.507 e. The molecule has 3 N–H and O–H groups in total. The molecule has 0 saturated heterocycles. The Morgan fingerprint density at radius 3 is 2.44 bits per heavy atom. The summed E-state index contributed by atoms with van der Waals surface area (Å²) in [5, 5.41) is 21.3. The van der Waals surface area contributed by atoms with Gasteiger partial charge in [-0.25, -0.2) is 8.78 Å². The fourth-order valence-corrected chi connectivity index (χ4v) is 1.45. The number of nitrogens with one attached hydrogen (secondary N) is 1. The Morgan fingerprint density at radius 2 is 1.94 bits per heavy atom. The van der Waals surface area contributed by atoms with E-state index in [1.54, 1.807) is 13.8 Å². The Kier molecular flexibility index (Phi) is 4.20. The van der Waals surface area contributed by atoms with E-state index in [0.29, 0.717) is 0 Å². The van der Waals surface area contributed by atoms with Crippen molar-refractivity contribution < 1.29 is 19.0 Å². The van der Waals surface area contributed by atoms with Gasteiger partial charge in [-0.15, -0.1) is 0 Å². The Morgan fingerprint density at radius 1 is 1.31 bits per heavy atom. The van der Waals surface area contributed by atoms with Gasteiger partial charge in [0.15, 0.2) is 0 Å². The molecule has 0 amide bonds. The number of aliphatic hydroxyl groups is 1. The van der Waals surface area contributed by atoms with E-state index in [4.69, 9.17) is 5.11 Å². The van der Waals surface area contributed by atoms with Gasteiger partial charge in [0.1, 0.15) is 17.4 Å². The molecule has 1 unspecified atom stereocenters. The number of aliphatic hydroxyl groups excluding tert-OH is 1. The molecule has 0 heterocycles. The number of phenolic OH excluding ortho intramolecular Hbond substituents is 1. The first-order valence-corrected chi connectivity index (χ1v) is 5.01. The third-order valence-electron chi connectivity index (χ3n) is 2.22.